The second-order valence-electron chi connectivity index (χ2n) is 5.40. The van der Waals surface area contributed by atoms with Crippen LogP contribution in [0.1, 0.15) is 39.5 Å². The Kier molecular flexibility index (Phi) is 4.05. The van der Waals surface area contributed by atoms with Gasteiger partial charge >= 0.3 is 5.97 Å². The number of carbonyl (C=O) groups is 1. The van der Waals surface area contributed by atoms with E-state index in [1.165, 1.54) is 0 Å². The molecule has 4 heteroatoms. The number of piperidine rings is 1. The first-order valence-corrected chi connectivity index (χ1v) is 6.67. The molecule has 2 fully saturated rings. The van der Waals surface area contributed by atoms with Crippen molar-refractivity contribution in [3.63, 3.8) is 0 Å². The zero-order valence-electron chi connectivity index (χ0n) is 10.8. The Morgan fingerprint density at radius 3 is 2.53 bits per heavy atom. The first-order chi connectivity index (χ1) is 8.14. The van der Waals surface area contributed by atoms with Crippen molar-refractivity contribution in [2.24, 2.45) is 5.41 Å². The highest BCUT2D eigenvalue weighted by Crippen LogP contribution is 2.44. The van der Waals surface area contributed by atoms with E-state index in [0.717, 1.165) is 38.8 Å². The van der Waals surface area contributed by atoms with Gasteiger partial charge in [-0.2, -0.15) is 0 Å². The summed E-state index contributed by atoms with van der Waals surface area (Å²) >= 11 is 0. The Balaban J connectivity index is 1.72. The molecule has 0 amide bonds. The number of carbonyl (C=O) groups excluding carboxylic acids is 1. The molecule has 17 heavy (non-hydrogen) atoms. The van der Waals surface area contributed by atoms with Crippen LogP contribution in [0, 0.1) is 5.41 Å². The summed E-state index contributed by atoms with van der Waals surface area (Å²) in [5.41, 5.74) is -0.298. The zero-order chi connectivity index (χ0) is 12.3. The lowest BCUT2D eigenvalue weighted by atomic mass is 9.68. The molecule has 0 radical (unpaired) electrons. The van der Waals surface area contributed by atoms with Crippen LogP contribution < -0.4 is 5.32 Å². The van der Waals surface area contributed by atoms with Crippen LogP contribution >= 0.6 is 0 Å². The van der Waals surface area contributed by atoms with Gasteiger partial charge in [-0.25, -0.2) is 0 Å². The summed E-state index contributed by atoms with van der Waals surface area (Å²) in [5.74, 6) is -0.0647. The number of rotatable bonds is 4. The maximum Gasteiger partial charge on any atom is 0.311 e. The van der Waals surface area contributed by atoms with E-state index < -0.39 is 0 Å². The van der Waals surface area contributed by atoms with Crippen LogP contribution in [-0.4, -0.2) is 37.9 Å². The molecule has 0 aromatic heterocycles. The predicted molar refractivity (Wildman–Crippen MR) is 64.7 cm³/mol. The van der Waals surface area contributed by atoms with E-state index in [-0.39, 0.29) is 17.5 Å². The molecule has 1 N–H and O–H groups in total. The molecule has 0 aromatic rings. The quantitative estimate of drug-likeness (QED) is 0.757. The molecule has 0 spiro atoms. The minimum atomic E-state index is -0.298. The molecule has 2 rings (SSSR count). The van der Waals surface area contributed by atoms with Crippen LogP contribution in [0.5, 0.6) is 0 Å². The minimum Gasteiger partial charge on any atom is -0.466 e. The molecular formula is C13H23NO3. The third kappa shape index (κ3) is 2.99. The zero-order valence-corrected chi connectivity index (χ0v) is 10.8. The highest BCUT2D eigenvalue weighted by Gasteiger charge is 2.48. The summed E-state index contributed by atoms with van der Waals surface area (Å²) in [7, 11) is 0. The third-order valence-corrected chi connectivity index (χ3v) is 3.80. The van der Waals surface area contributed by atoms with E-state index >= 15 is 0 Å². The van der Waals surface area contributed by atoms with Crippen molar-refractivity contribution in [1.29, 1.82) is 0 Å². The summed E-state index contributed by atoms with van der Waals surface area (Å²) in [6.45, 7) is 6.39. The second-order valence-corrected chi connectivity index (χ2v) is 5.40. The molecular weight excluding hydrogens is 218 g/mol. The van der Waals surface area contributed by atoms with Crippen LogP contribution in [0.15, 0.2) is 0 Å². The largest absolute Gasteiger partial charge is 0.466 e. The van der Waals surface area contributed by atoms with Crippen LogP contribution in [0.25, 0.3) is 0 Å². The molecule has 0 aromatic carbocycles. The van der Waals surface area contributed by atoms with Gasteiger partial charge in [-0.1, -0.05) is 0 Å². The number of esters is 1. The van der Waals surface area contributed by atoms with Gasteiger partial charge in [-0.05, 0) is 52.6 Å². The highest BCUT2D eigenvalue weighted by molar-refractivity contribution is 5.77. The van der Waals surface area contributed by atoms with Gasteiger partial charge in [0.25, 0.3) is 0 Å². The standard InChI is InChI=1S/C13H23NO3/c1-3-16-12(15)13(2)8-11(9-13)17-10-4-6-14-7-5-10/h10-11,14H,3-9H2,1-2H3/t11-,13+. The molecule has 1 saturated heterocycles. The summed E-state index contributed by atoms with van der Waals surface area (Å²) < 4.78 is 11.1. The summed E-state index contributed by atoms with van der Waals surface area (Å²) in [6.07, 6.45) is 4.45. The normalized spacial score (nSPS) is 34.1. The Hall–Kier alpha value is -0.610. The van der Waals surface area contributed by atoms with Gasteiger partial charge in [0, 0.05) is 0 Å². The average Bonchev–Trinajstić information content (AvgIpc) is 2.28. The highest BCUT2D eigenvalue weighted by atomic mass is 16.5. The second kappa shape index (κ2) is 5.36. The molecule has 1 saturated carbocycles. The van der Waals surface area contributed by atoms with Gasteiger partial charge in [0.2, 0.25) is 0 Å². The van der Waals surface area contributed by atoms with Crippen LogP contribution in [0.3, 0.4) is 0 Å². The molecule has 4 nitrogen and oxygen atoms in total. The lowest BCUT2D eigenvalue weighted by molar-refractivity contribution is -0.176. The van der Waals surface area contributed by atoms with Crippen LogP contribution in [0.2, 0.25) is 0 Å². The van der Waals surface area contributed by atoms with Crippen molar-refractivity contribution in [3.05, 3.63) is 0 Å². The minimum absolute atomic E-state index is 0.0647. The maximum absolute atomic E-state index is 11.7. The van der Waals surface area contributed by atoms with Gasteiger partial charge in [0.05, 0.1) is 24.2 Å². The SMILES string of the molecule is CCOC(=O)[C@]1(C)C[C@H](OC2CCNCC2)C1. The fraction of sp³-hybridized carbons (Fsp3) is 0.923. The van der Waals surface area contributed by atoms with Gasteiger partial charge in [0.15, 0.2) is 0 Å². The van der Waals surface area contributed by atoms with Crippen LogP contribution in [-0.2, 0) is 14.3 Å². The van der Waals surface area contributed by atoms with Crippen molar-refractivity contribution in [2.75, 3.05) is 19.7 Å². The molecule has 0 unspecified atom stereocenters. The van der Waals surface area contributed by atoms with E-state index in [1.807, 2.05) is 13.8 Å². The predicted octanol–water partition coefficient (Wildman–Crippen LogP) is 1.49. The van der Waals surface area contributed by atoms with Crippen molar-refractivity contribution < 1.29 is 14.3 Å². The molecule has 2 aliphatic rings. The molecule has 0 atom stereocenters. The van der Waals surface area contributed by atoms with Crippen molar-refractivity contribution in [3.8, 4) is 0 Å². The number of nitrogens with one attached hydrogen (secondary N) is 1. The summed E-state index contributed by atoms with van der Waals surface area (Å²) in [6, 6.07) is 0. The number of hydrogen-bond acceptors (Lipinski definition) is 4. The molecule has 1 heterocycles. The van der Waals surface area contributed by atoms with Gasteiger partial charge in [0.1, 0.15) is 0 Å². The molecule has 1 aliphatic heterocycles. The lowest BCUT2D eigenvalue weighted by Crippen LogP contribution is -2.48. The fourth-order valence-electron chi connectivity index (χ4n) is 2.72. The lowest BCUT2D eigenvalue weighted by Gasteiger charge is -2.44. The Morgan fingerprint density at radius 2 is 1.94 bits per heavy atom. The fourth-order valence-corrected chi connectivity index (χ4v) is 2.72. The van der Waals surface area contributed by atoms with Crippen molar-refractivity contribution in [2.45, 2.75) is 51.7 Å². The smallest absolute Gasteiger partial charge is 0.311 e. The van der Waals surface area contributed by atoms with E-state index in [1.54, 1.807) is 0 Å². The molecule has 98 valence electrons. The van der Waals surface area contributed by atoms with Gasteiger partial charge < -0.3 is 14.8 Å². The molecule has 0 bridgehead atoms. The van der Waals surface area contributed by atoms with Crippen molar-refractivity contribution >= 4 is 5.97 Å². The van der Waals surface area contributed by atoms with Gasteiger partial charge in [-0.3, -0.25) is 4.79 Å². The van der Waals surface area contributed by atoms with Crippen molar-refractivity contribution in [1.82, 2.24) is 5.32 Å². The Labute approximate surface area is 103 Å². The monoisotopic (exact) mass is 241 g/mol. The van der Waals surface area contributed by atoms with E-state index in [9.17, 15) is 4.79 Å². The summed E-state index contributed by atoms with van der Waals surface area (Å²) in [5, 5.41) is 3.32. The van der Waals surface area contributed by atoms with E-state index in [0.29, 0.717) is 12.7 Å². The maximum atomic E-state index is 11.7. The van der Waals surface area contributed by atoms with Gasteiger partial charge in [-0.15, -0.1) is 0 Å². The number of hydrogen-bond donors (Lipinski definition) is 1. The topological polar surface area (TPSA) is 47.6 Å². The number of ether oxygens (including phenoxy) is 2. The Morgan fingerprint density at radius 1 is 1.29 bits per heavy atom. The third-order valence-electron chi connectivity index (χ3n) is 3.80. The first kappa shape index (κ1) is 12.8. The average molecular weight is 241 g/mol. The Bertz CT molecular complexity index is 268. The van der Waals surface area contributed by atoms with Crippen LogP contribution in [0.4, 0.5) is 0 Å². The van der Waals surface area contributed by atoms with E-state index in [4.69, 9.17) is 9.47 Å². The first-order valence-electron chi connectivity index (χ1n) is 6.67. The molecule has 1 aliphatic carbocycles. The van der Waals surface area contributed by atoms with E-state index in [2.05, 4.69) is 5.32 Å². The summed E-state index contributed by atoms with van der Waals surface area (Å²) in [4.78, 5) is 11.7.